The summed E-state index contributed by atoms with van der Waals surface area (Å²) in [4.78, 5) is 12.1. The number of ether oxygens (including phenoxy) is 1. The molecule has 0 fully saturated rings. The highest BCUT2D eigenvalue weighted by atomic mass is 32.1. The molecule has 11 heteroatoms. The van der Waals surface area contributed by atoms with E-state index in [1.54, 1.807) is 6.92 Å². The summed E-state index contributed by atoms with van der Waals surface area (Å²) in [5.41, 5.74) is 6.04. The van der Waals surface area contributed by atoms with Crippen molar-refractivity contribution >= 4 is 53.1 Å². The van der Waals surface area contributed by atoms with Crippen molar-refractivity contribution in [1.29, 1.82) is 0 Å². The average Bonchev–Trinajstić information content (AvgIpc) is 2.65. The second-order valence-corrected chi connectivity index (χ2v) is 6.00. The minimum atomic E-state index is -0.529. The summed E-state index contributed by atoms with van der Waals surface area (Å²) in [7, 11) is 0. The fourth-order valence-corrected chi connectivity index (χ4v) is 2.32. The molecule has 28 heavy (non-hydrogen) atoms. The van der Waals surface area contributed by atoms with Crippen molar-refractivity contribution in [3.63, 3.8) is 0 Å². The van der Waals surface area contributed by atoms with Gasteiger partial charge in [-0.3, -0.25) is 10.9 Å². The lowest BCUT2D eigenvalue weighted by Crippen LogP contribution is -2.31. The van der Waals surface area contributed by atoms with Crippen molar-refractivity contribution in [2.45, 2.75) is 20.8 Å². The van der Waals surface area contributed by atoms with Crippen molar-refractivity contribution in [3.05, 3.63) is 28.8 Å². The van der Waals surface area contributed by atoms with Crippen molar-refractivity contribution in [1.82, 2.24) is 21.5 Å². The van der Waals surface area contributed by atoms with Gasteiger partial charge in [-0.05, 0) is 57.3 Å². The van der Waals surface area contributed by atoms with Crippen LogP contribution in [0.1, 0.15) is 42.3 Å². The molecule has 0 spiro atoms. The predicted molar refractivity (Wildman–Crippen MR) is 118 cm³/mol. The van der Waals surface area contributed by atoms with Gasteiger partial charge >= 0.3 is 5.97 Å². The summed E-state index contributed by atoms with van der Waals surface area (Å²) in [6, 6.07) is 2.92. The number of phenolic OH excluding ortho intramolecular Hbond substituents is 1. The van der Waals surface area contributed by atoms with E-state index >= 15 is 0 Å². The number of hydrogen-bond donors (Lipinski definition) is 5. The molecule has 0 bridgehead atoms. The van der Waals surface area contributed by atoms with Gasteiger partial charge in [0, 0.05) is 24.2 Å². The molecule has 0 aliphatic carbocycles. The Balaban J connectivity index is 3.12. The number of benzene rings is 1. The normalized spacial score (nSPS) is 10.7. The molecule has 152 valence electrons. The van der Waals surface area contributed by atoms with Crippen LogP contribution >= 0.6 is 24.4 Å². The van der Waals surface area contributed by atoms with Gasteiger partial charge in [0.1, 0.15) is 5.75 Å². The van der Waals surface area contributed by atoms with Gasteiger partial charge in [-0.1, -0.05) is 0 Å². The maximum atomic E-state index is 12.1. The number of carbonyl (C=O) groups excluding carboxylic acids is 1. The average molecular weight is 425 g/mol. The molecule has 0 aromatic heterocycles. The third-order valence-electron chi connectivity index (χ3n) is 3.09. The van der Waals surface area contributed by atoms with Crippen LogP contribution in [0.25, 0.3) is 0 Å². The van der Waals surface area contributed by atoms with Crippen LogP contribution in [-0.4, -0.2) is 53.4 Å². The van der Waals surface area contributed by atoms with E-state index in [4.69, 9.17) is 29.2 Å². The van der Waals surface area contributed by atoms with Crippen LogP contribution < -0.4 is 21.5 Å². The second-order valence-electron chi connectivity index (χ2n) is 5.18. The molecule has 0 aliphatic rings. The first-order chi connectivity index (χ1) is 13.4. The Bertz CT molecular complexity index is 716. The number of hydrogen-bond acceptors (Lipinski definition) is 7. The molecular formula is C17H24N6O3S2. The highest BCUT2D eigenvalue weighted by Crippen LogP contribution is 2.22. The summed E-state index contributed by atoms with van der Waals surface area (Å²) < 4.78 is 5.02. The highest BCUT2D eigenvalue weighted by molar-refractivity contribution is 7.80. The van der Waals surface area contributed by atoms with E-state index in [2.05, 4.69) is 31.7 Å². The SMILES string of the molecule is CCNC(=S)N/N=C/c1cc(C(=O)OCC)cc(/C=N/NC(=S)NCC)c1O. The topological polar surface area (TPSA) is 119 Å². The van der Waals surface area contributed by atoms with Gasteiger partial charge in [0.25, 0.3) is 0 Å². The summed E-state index contributed by atoms with van der Waals surface area (Å²) >= 11 is 10.0. The maximum Gasteiger partial charge on any atom is 0.338 e. The molecule has 0 aliphatic heterocycles. The second kappa shape index (κ2) is 12.6. The first kappa shape index (κ1) is 23.2. The van der Waals surface area contributed by atoms with Gasteiger partial charge in [0.2, 0.25) is 0 Å². The van der Waals surface area contributed by atoms with E-state index in [1.165, 1.54) is 24.6 Å². The van der Waals surface area contributed by atoms with E-state index in [9.17, 15) is 9.90 Å². The Morgan fingerprint density at radius 1 is 1.04 bits per heavy atom. The number of nitrogens with zero attached hydrogens (tertiary/aromatic N) is 2. The fraction of sp³-hybridized carbons (Fsp3) is 0.353. The number of aromatic hydroxyl groups is 1. The molecule has 0 saturated carbocycles. The Hall–Kier alpha value is -2.79. The van der Waals surface area contributed by atoms with Crippen LogP contribution in [0, 0.1) is 0 Å². The Morgan fingerprint density at radius 3 is 1.89 bits per heavy atom. The van der Waals surface area contributed by atoms with E-state index in [0.717, 1.165) is 0 Å². The number of esters is 1. The zero-order valence-electron chi connectivity index (χ0n) is 15.9. The molecule has 1 aromatic carbocycles. The lowest BCUT2D eigenvalue weighted by Gasteiger charge is -2.09. The number of nitrogens with one attached hydrogen (secondary N) is 4. The van der Waals surface area contributed by atoms with E-state index in [0.29, 0.717) is 23.3 Å². The first-order valence-electron chi connectivity index (χ1n) is 8.60. The molecule has 0 saturated heterocycles. The highest BCUT2D eigenvalue weighted by Gasteiger charge is 2.14. The Morgan fingerprint density at radius 2 is 1.50 bits per heavy atom. The number of hydrazone groups is 2. The number of rotatable bonds is 8. The van der Waals surface area contributed by atoms with Crippen LogP contribution in [0.15, 0.2) is 22.3 Å². The van der Waals surface area contributed by atoms with Gasteiger partial charge in [-0.2, -0.15) is 10.2 Å². The molecule has 0 atom stereocenters. The molecule has 0 amide bonds. The molecular weight excluding hydrogens is 400 g/mol. The molecule has 1 rings (SSSR count). The Labute approximate surface area is 174 Å². The Kier molecular flexibility index (Phi) is 10.4. The first-order valence-corrected chi connectivity index (χ1v) is 9.42. The number of thiocarbonyl (C=S) groups is 2. The van der Waals surface area contributed by atoms with Crippen molar-refractivity contribution in [2.24, 2.45) is 10.2 Å². The zero-order chi connectivity index (χ0) is 20.9. The third-order valence-corrected chi connectivity index (χ3v) is 3.57. The lowest BCUT2D eigenvalue weighted by molar-refractivity contribution is 0.0526. The zero-order valence-corrected chi connectivity index (χ0v) is 17.5. The van der Waals surface area contributed by atoms with E-state index in [-0.39, 0.29) is 29.0 Å². The third kappa shape index (κ3) is 7.84. The van der Waals surface area contributed by atoms with Crippen molar-refractivity contribution in [2.75, 3.05) is 19.7 Å². The van der Waals surface area contributed by atoms with Crippen molar-refractivity contribution < 1.29 is 14.6 Å². The minimum Gasteiger partial charge on any atom is -0.507 e. The van der Waals surface area contributed by atoms with Crippen LogP contribution in [0.2, 0.25) is 0 Å². The molecule has 0 heterocycles. The van der Waals surface area contributed by atoms with Gasteiger partial charge in [0.05, 0.1) is 24.6 Å². The molecule has 9 nitrogen and oxygen atoms in total. The standard InChI is InChI=1S/C17H24N6O3S2/c1-4-18-16(27)22-20-9-12-7-11(15(25)26-6-3)8-13(14(12)24)10-21-23-17(28)19-5-2/h7-10,24H,4-6H2,1-3H3,(H2,18,22,27)(H2,19,23,28)/b20-9+,21-10+. The van der Waals surface area contributed by atoms with Gasteiger partial charge in [-0.25, -0.2) is 4.79 Å². The smallest absolute Gasteiger partial charge is 0.338 e. The number of phenols is 1. The number of carbonyl (C=O) groups is 1. The summed E-state index contributed by atoms with van der Waals surface area (Å²) in [5.74, 6) is -0.646. The predicted octanol–water partition coefficient (Wildman–Crippen LogP) is 1.20. The summed E-state index contributed by atoms with van der Waals surface area (Å²) in [6.45, 7) is 7.02. The fourth-order valence-electron chi connectivity index (χ4n) is 1.93. The molecule has 1 aromatic rings. The quantitative estimate of drug-likeness (QED) is 0.181. The molecule has 0 unspecified atom stereocenters. The van der Waals surface area contributed by atoms with E-state index in [1.807, 2.05) is 13.8 Å². The van der Waals surface area contributed by atoms with Crippen LogP contribution in [0.3, 0.4) is 0 Å². The van der Waals surface area contributed by atoms with Crippen LogP contribution in [0.5, 0.6) is 5.75 Å². The van der Waals surface area contributed by atoms with Gasteiger partial charge in [-0.15, -0.1) is 0 Å². The monoisotopic (exact) mass is 424 g/mol. The van der Waals surface area contributed by atoms with Crippen LogP contribution in [0.4, 0.5) is 0 Å². The summed E-state index contributed by atoms with van der Waals surface area (Å²) in [5, 5.41) is 24.8. The van der Waals surface area contributed by atoms with Crippen LogP contribution in [-0.2, 0) is 4.74 Å². The largest absolute Gasteiger partial charge is 0.507 e. The van der Waals surface area contributed by atoms with Crippen molar-refractivity contribution in [3.8, 4) is 5.75 Å². The summed E-state index contributed by atoms with van der Waals surface area (Å²) in [6.07, 6.45) is 2.69. The molecule has 0 radical (unpaired) electrons. The molecule has 5 N–H and O–H groups in total. The van der Waals surface area contributed by atoms with E-state index < -0.39 is 5.97 Å². The van der Waals surface area contributed by atoms with Gasteiger partial charge < -0.3 is 20.5 Å². The maximum absolute atomic E-state index is 12.1. The van der Waals surface area contributed by atoms with Gasteiger partial charge in [0.15, 0.2) is 10.2 Å². The lowest BCUT2D eigenvalue weighted by atomic mass is 10.0. The minimum absolute atomic E-state index is 0.118.